The summed E-state index contributed by atoms with van der Waals surface area (Å²) in [6, 6.07) is 7.01. The highest BCUT2D eigenvalue weighted by atomic mass is 19.1. The van der Waals surface area contributed by atoms with Crippen LogP contribution in [0.4, 0.5) is 10.1 Å². The van der Waals surface area contributed by atoms with Gasteiger partial charge in [0, 0.05) is 37.5 Å². The summed E-state index contributed by atoms with van der Waals surface area (Å²) in [5.41, 5.74) is 0.912. The van der Waals surface area contributed by atoms with Crippen molar-refractivity contribution in [1.29, 1.82) is 0 Å². The molecule has 1 N–H and O–H groups in total. The fraction of sp³-hybridized carbons (Fsp3) is 0.500. The quantitative estimate of drug-likeness (QED) is 0.847. The molecule has 1 aromatic heterocycles. The molecular weight excluding hydrogens is 347 g/mol. The number of hydrogen-bond donors (Lipinski definition) is 1. The van der Waals surface area contributed by atoms with Gasteiger partial charge in [0.2, 0.25) is 0 Å². The molecule has 144 valence electrons. The first-order valence-corrected chi connectivity index (χ1v) is 9.50. The molecule has 0 spiro atoms. The lowest BCUT2D eigenvalue weighted by Gasteiger charge is -2.38. The minimum atomic E-state index is -0.426. The van der Waals surface area contributed by atoms with E-state index in [2.05, 4.69) is 15.3 Å². The van der Waals surface area contributed by atoms with E-state index in [0.717, 1.165) is 19.6 Å². The molecule has 0 bridgehead atoms. The Hall–Kier alpha value is -2.25. The third-order valence-electron chi connectivity index (χ3n) is 5.66. The van der Waals surface area contributed by atoms with Crippen molar-refractivity contribution in [2.75, 3.05) is 25.6 Å². The summed E-state index contributed by atoms with van der Waals surface area (Å²) in [5.74, 6) is -0.765. The average molecular weight is 372 g/mol. The molecule has 7 heteroatoms. The van der Waals surface area contributed by atoms with Gasteiger partial charge in [-0.1, -0.05) is 12.5 Å². The van der Waals surface area contributed by atoms with Gasteiger partial charge < -0.3 is 10.1 Å². The van der Waals surface area contributed by atoms with Crippen LogP contribution in [0.1, 0.15) is 42.1 Å². The number of ether oxygens (including phenoxy) is 1. The molecule has 2 aliphatic rings. The lowest BCUT2D eigenvalue weighted by Crippen LogP contribution is -2.45. The summed E-state index contributed by atoms with van der Waals surface area (Å²) in [4.78, 5) is 14.8. The largest absolute Gasteiger partial charge is 0.383 e. The molecule has 0 unspecified atom stereocenters. The van der Waals surface area contributed by atoms with E-state index >= 15 is 0 Å². The second kappa shape index (κ2) is 7.78. The molecule has 2 aromatic rings. The number of anilines is 1. The number of nitrogens with one attached hydrogen (secondary N) is 1. The third kappa shape index (κ3) is 3.89. The van der Waals surface area contributed by atoms with Crippen molar-refractivity contribution in [3.05, 3.63) is 48.0 Å². The molecule has 2 fully saturated rings. The van der Waals surface area contributed by atoms with Gasteiger partial charge in [-0.25, -0.2) is 4.39 Å². The Labute approximate surface area is 158 Å². The Balaban J connectivity index is 1.42. The molecule has 27 heavy (non-hydrogen) atoms. The highest BCUT2D eigenvalue weighted by Crippen LogP contribution is 2.35. The summed E-state index contributed by atoms with van der Waals surface area (Å²) >= 11 is 0. The molecule has 1 aliphatic heterocycles. The Bertz CT molecular complexity index is 805. The van der Waals surface area contributed by atoms with Crippen LogP contribution in [0.3, 0.4) is 0 Å². The van der Waals surface area contributed by atoms with E-state index in [1.807, 2.05) is 10.9 Å². The maximum absolute atomic E-state index is 13.3. The van der Waals surface area contributed by atoms with Crippen LogP contribution in [0.2, 0.25) is 0 Å². The first-order chi connectivity index (χ1) is 13.1. The lowest BCUT2D eigenvalue weighted by atomic mass is 9.91. The molecule has 1 saturated carbocycles. The molecule has 1 aliphatic carbocycles. The van der Waals surface area contributed by atoms with Gasteiger partial charge in [0.25, 0.3) is 5.91 Å². The van der Waals surface area contributed by atoms with E-state index in [0.29, 0.717) is 23.3 Å². The summed E-state index contributed by atoms with van der Waals surface area (Å²) in [6.07, 6.45) is 8.33. The van der Waals surface area contributed by atoms with E-state index in [1.165, 1.54) is 37.5 Å². The first kappa shape index (κ1) is 18.1. The number of likely N-dealkylation sites (tertiary alicyclic amines) is 1. The van der Waals surface area contributed by atoms with Gasteiger partial charge in [-0.2, -0.15) is 5.10 Å². The maximum atomic E-state index is 13.3. The van der Waals surface area contributed by atoms with Crippen molar-refractivity contribution in [2.45, 2.75) is 43.8 Å². The highest BCUT2D eigenvalue weighted by Gasteiger charge is 2.39. The van der Waals surface area contributed by atoms with Crippen LogP contribution in [0.5, 0.6) is 0 Å². The van der Waals surface area contributed by atoms with E-state index in [1.54, 1.807) is 19.4 Å². The zero-order valence-electron chi connectivity index (χ0n) is 15.5. The molecule has 1 saturated heterocycles. The van der Waals surface area contributed by atoms with Crippen LogP contribution in [-0.4, -0.2) is 52.9 Å². The van der Waals surface area contributed by atoms with Crippen molar-refractivity contribution in [1.82, 2.24) is 14.7 Å². The fourth-order valence-corrected chi connectivity index (χ4v) is 4.07. The van der Waals surface area contributed by atoms with Crippen LogP contribution in [-0.2, 0) is 4.74 Å². The number of carbonyl (C=O) groups excluding carboxylic acids is 1. The minimum Gasteiger partial charge on any atom is -0.383 e. The van der Waals surface area contributed by atoms with Crippen LogP contribution in [0, 0.1) is 5.82 Å². The zero-order chi connectivity index (χ0) is 18.8. The standard InChI is InChI=1S/C20H25FN4O2/c1-27-13-19-9-18(12-24(19)17-6-3-7-17)25-11-16(10-22-25)23-20(26)14-4-2-5-15(21)8-14/h2,4-5,8,10-11,17-19H,3,6-7,9,12-13H2,1H3,(H,23,26)/t18-,19-/m0/s1. The predicted octanol–water partition coefficient (Wildman–Crippen LogP) is 3.09. The van der Waals surface area contributed by atoms with Crippen LogP contribution < -0.4 is 5.32 Å². The molecular formula is C20H25FN4O2. The number of aromatic nitrogens is 2. The number of methoxy groups -OCH3 is 1. The van der Waals surface area contributed by atoms with Gasteiger partial charge in [-0.3, -0.25) is 14.4 Å². The van der Waals surface area contributed by atoms with Crippen molar-refractivity contribution in [2.24, 2.45) is 0 Å². The normalized spacial score (nSPS) is 23.3. The second-order valence-corrected chi connectivity index (χ2v) is 7.45. The number of amides is 1. The molecule has 1 aromatic carbocycles. The smallest absolute Gasteiger partial charge is 0.255 e. The van der Waals surface area contributed by atoms with Gasteiger partial charge in [-0.15, -0.1) is 0 Å². The maximum Gasteiger partial charge on any atom is 0.255 e. The van der Waals surface area contributed by atoms with Gasteiger partial charge >= 0.3 is 0 Å². The van der Waals surface area contributed by atoms with Crippen molar-refractivity contribution in [3.8, 4) is 0 Å². The molecule has 2 atom stereocenters. The Morgan fingerprint density at radius 2 is 2.22 bits per heavy atom. The SMILES string of the molecule is COC[C@@H]1C[C@H](n2cc(NC(=O)c3cccc(F)c3)cn2)CN1C1CCC1. The van der Waals surface area contributed by atoms with Gasteiger partial charge in [0.05, 0.1) is 24.5 Å². The Kier molecular flexibility index (Phi) is 5.22. The number of hydrogen-bond acceptors (Lipinski definition) is 4. The average Bonchev–Trinajstić information content (AvgIpc) is 3.21. The molecule has 2 heterocycles. The predicted molar refractivity (Wildman–Crippen MR) is 100 cm³/mol. The molecule has 0 radical (unpaired) electrons. The highest BCUT2D eigenvalue weighted by molar-refractivity contribution is 6.04. The third-order valence-corrected chi connectivity index (χ3v) is 5.66. The van der Waals surface area contributed by atoms with E-state index < -0.39 is 5.82 Å². The molecule has 6 nitrogen and oxygen atoms in total. The van der Waals surface area contributed by atoms with Gasteiger partial charge in [-0.05, 0) is 37.5 Å². The Morgan fingerprint density at radius 1 is 1.37 bits per heavy atom. The first-order valence-electron chi connectivity index (χ1n) is 9.50. The van der Waals surface area contributed by atoms with E-state index in [9.17, 15) is 9.18 Å². The molecule has 4 rings (SSSR count). The summed E-state index contributed by atoms with van der Waals surface area (Å²) in [6.45, 7) is 1.69. The zero-order valence-corrected chi connectivity index (χ0v) is 15.5. The number of carbonyl (C=O) groups is 1. The molecule has 1 amide bonds. The monoisotopic (exact) mass is 372 g/mol. The van der Waals surface area contributed by atoms with Crippen molar-refractivity contribution in [3.63, 3.8) is 0 Å². The lowest BCUT2D eigenvalue weighted by molar-refractivity contribution is 0.0594. The van der Waals surface area contributed by atoms with Crippen molar-refractivity contribution < 1.29 is 13.9 Å². The summed E-state index contributed by atoms with van der Waals surface area (Å²) < 4.78 is 20.6. The fourth-order valence-electron chi connectivity index (χ4n) is 4.07. The minimum absolute atomic E-state index is 0.269. The second-order valence-electron chi connectivity index (χ2n) is 7.45. The summed E-state index contributed by atoms with van der Waals surface area (Å²) in [7, 11) is 1.75. The summed E-state index contributed by atoms with van der Waals surface area (Å²) in [5, 5.41) is 7.25. The van der Waals surface area contributed by atoms with Gasteiger partial charge in [0.15, 0.2) is 0 Å². The van der Waals surface area contributed by atoms with Crippen LogP contribution in [0.15, 0.2) is 36.7 Å². The van der Waals surface area contributed by atoms with Crippen LogP contribution >= 0.6 is 0 Å². The van der Waals surface area contributed by atoms with E-state index in [-0.39, 0.29) is 11.9 Å². The topological polar surface area (TPSA) is 59.4 Å². The number of benzene rings is 1. The number of halogens is 1. The van der Waals surface area contributed by atoms with E-state index in [4.69, 9.17) is 4.74 Å². The van der Waals surface area contributed by atoms with Crippen LogP contribution in [0.25, 0.3) is 0 Å². The van der Waals surface area contributed by atoms with Crippen molar-refractivity contribution >= 4 is 11.6 Å². The number of rotatable bonds is 6. The number of nitrogens with zero attached hydrogens (tertiary/aromatic N) is 3. The van der Waals surface area contributed by atoms with Gasteiger partial charge in [0.1, 0.15) is 5.82 Å². The Morgan fingerprint density at radius 3 is 2.93 bits per heavy atom.